The molecular weight excluding hydrogens is 322 g/mol. The van der Waals surface area contributed by atoms with Crippen molar-refractivity contribution in [1.29, 1.82) is 0 Å². The second-order valence-corrected chi connectivity index (χ2v) is 8.35. The molecule has 2 rings (SSSR count). The van der Waals surface area contributed by atoms with Gasteiger partial charge in [-0.25, -0.2) is 4.79 Å². The van der Waals surface area contributed by atoms with E-state index in [-0.39, 0.29) is 17.4 Å². The lowest BCUT2D eigenvalue weighted by atomic mass is 9.87. The number of carbonyl (C=O) groups is 2. The summed E-state index contributed by atoms with van der Waals surface area (Å²) in [7, 11) is 0. The molecule has 5 nitrogen and oxygen atoms in total. The van der Waals surface area contributed by atoms with Crippen LogP contribution in [0.25, 0.3) is 0 Å². The van der Waals surface area contributed by atoms with Gasteiger partial charge in [-0.1, -0.05) is 32.9 Å². The van der Waals surface area contributed by atoms with Gasteiger partial charge in [-0.3, -0.25) is 4.79 Å². The molecule has 0 aliphatic carbocycles. The molecule has 1 heterocycles. The number of nitrogens with zero attached hydrogens (tertiary/aromatic N) is 1. The largest absolute Gasteiger partial charge is 0.355 e. The third-order valence-electron chi connectivity index (χ3n) is 4.28. The Morgan fingerprint density at radius 3 is 2.50 bits per heavy atom. The zero-order valence-electron chi connectivity index (χ0n) is 14.7. The fourth-order valence-electron chi connectivity index (χ4n) is 2.71. The first kappa shape index (κ1) is 18.6. The van der Waals surface area contributed by atoms with Crippen LogP contribution in [0.15, 0.2) is 29.2 Å². The lowest BCUT2D eigenvalue weighted by Gasteiger charge is -2.19. The number of primary amides is 1. The fourth-order valence-corrected chi connectivity index (χ4v) is 3.44. The van der Waals surface area contributed by atoms with Crippen LogP contribution in [-0.2, 0) is 10.2 Å². The molecule has 1 aromatic carbocycles. The molecular formula is C18H27N3O2S. The van der Waals surface area contributed by atoms with Gasteiger partial charge in [0.15, 0.2) is 0 Å². The van der Waals surface area contributed by atoms with E-state index < -0.39 is 0 Å². The molecule has 0 spiro atoms. The van der Waals surface area contributed by atoms with Gasteiger partial charge in [0.2, 0.25) is 5.91 Å². The van der Waals surface area contributed by atoms with Gasteiger partial charge in [-0.15, -0.1) is 11.8 Å². The van der Waals surface area contributed by atoms with Gasteiger partial charge in [0.25, 0.3) is 0 Å². The molecule has 1 atom stereocenters. The van der Waals surface area contributed by atoms with E-state index in [1.165, 1.54) is 17.3 Å². The number of amides is 3. The molecule has 0 unspecified atom stereocenters. The van der Waals surface area contributed by atoms with Crippen molar-refractivity contribution in [3.8, 4) is 0 Å². The first-order valence-electron chi connectivity index (χ1n) is 8.30. The van der Waals surface area contributed by atoms with E-state index in [1.54, 1.807) is 4.90 Å². The zero-order valence-corrected chi connectivity index (χ0v) is 15.5. The molecule has 0 saturated carbocycles. The maximum absolute atomic E-state index is 12.0. The highest BCUT2D eigenvalue weighted by Gasteiger charge is 2.24. The number of nitrogens with one attached hydrogen (secondary N) is 1. The molecule has 6 heteroatoms. The molecule has 1 aliphatic heterocycles. The van der Waals surface area contributed by atoms with E-state index in [4.69, 9.17) is 5.73 Å². The quantitative estimate of drug-likeness (QED) is 0.802. The Kier molecular flexibility index (Phi) is 6.15. The van der Waals surface area contributed by atoms with Crippen molar-refractivity contribution in [2.75, 3.05) is 25.4 Å². The van der Waals surface area contributed by atoms with Crippen LogP contribution in [0, 0.1) is 5.92 Å². The summed E-state index contributed by atoms with van der Waals surface area (Å²) in [5.74, 6) is 0.733. The van der Waals surface area contributed by atoms with Crippen molar-refractivity contribution in [2.45, 2.75) is 37.5 Å². The highest BCUT2D eigenvalue weighted by atomic mass is 32.2. The summed E-state index contributed by atoms with van der Waals surface area (Å²) < 4.78 is 0. The Bertz CT molecular complexity index is 581. The molecule has 132 valence electrons. The Hall–Kier alpha value is -1.69. The molecule has 0 radical (unpaired) electrons. The summed E-state index contributed by atoms with van der Waals surface area (Å²) in [6, 6.07) is 8.01. The van der Waals surface area contributed by atoms with E-state index in [1.807, 2.05) is 0 Å². The van der Waals surface area contributed by atoms with E-state index in [9.17, 15) is 9.59 Å². The lowest BCUT2D eigenvalue weighted by Crippen LogP contribution is -2.36. The second-order valence-electron chi connectivity index (χ2n) is 7.31. The summed E-state index contributed by atoms with van der Waals surface area (Å²) in [6.07, 6.45) is 0.893. The third kappa shape index (κ3) is 5.44. The Labute approximate surface area is 148 Å². The molecule has 1 aromatic rings. The number of urea groups is 1. The van der Waals surface area contributed by atoms with Crippen LogP contribution in [0.2, 0.25) is 0 Å². The fraction of sp³-hybridized carbons (Fsp3) is 0.556. The van der Waals surface area contributed by atoms with Gasteiger partial charge in [0.05, 0.1) is 5.75 Å². The Balaban J connectivity index is 1.71. The molecule has 1 fully saturated rings. The predicted octanol–water partition coefficient (Wildman–Crippen LogP) is 2.59. The molecule has 0 aromatic heterocycles. The van der Waals surface area contributed by atoms with Crippen LogP contribution in [-0.4, -0.2) is 42.2 Å². The number of benzene rings is 1. The number of likely N-dealkylation sites (tertiary alicyclic amines) is 1. The highest BCUT2D eigenvalue weighted by Crippen LogP contribution is 2.25. The smallest absolute Gasteiger partial charge is 0.314 e. The van der Waals surface area contributed by atoms with Gasteiger partial charge in [-0.2, -0.15) is 0 Å². The van der Waals surface area contributed by atoms with Gasteiger partial charge >= 0.3 is 6.03 Å². The van der Waals surface area contributed by atoms with Gasteiger partial charge in [0.1, 0.15) is 0 Å². The van der Waals surface area contributed by atoms with E-state index in [0.29, 0.717) is 31.3 Å². The summed E-state index contributed by atoms with van der Waals surface area (Å²) in [5.41, 5.74) is 6.69. The van der Waals surface area contributed by atoms with Crippen LogP contribution in [0.1, 0.15) is 32.8 Å². The average Bonchev–Trinajstić information content (AvgIpc) is 3.00. The third-order valence-corrected chi connectivity index (χ3v) is 5.29. The number of thioether (sulfide) groups is 1. The number of carbonyl (C=O) groups excluding carboxylic acids is 2. The number of rotatable bonds is 5. The summed E-state index contributed by atoms with van der Waals surface area (Å²) in [6.45, 7) is 8.48. The minimum atomic E-state index is -0.377. The minimum Gasteiger partial charge on any atom is -0.355 e. The van der Waals surface area contributed by atoms with Crippen LogP contribution in [0.5, 0.6) is 0 Å². The van der Waals surface area contributed by atoms with Crippen LogP contribution < -0.4 is 11.1 Å². The van der Waals surface area contributed by atoms with E-state index >= 15 is 0 Å². The van der Waals surface area contributed by atoms with Crippen molar-refractivity contribution in [2.24, 2.45) is 11.7 Å². The molecule has 1 aliphatic rings. The molecule has 3 amide bonds. The van der Waals surface area contributed by atoms with Crippen LogP contribution in [0.3, 0.4) is 0 Å². The summed E-state index contributed by atoms with van der Waals surface area (Å²) in [5, 5.41) is 2.95. The van der Waals surface area contributed by atoms with Gasteiger partial charge in [-0.05, 0) is 35.4 Å². The second kappa shape index (κ2) is 7.92. The minimum absolute atomic E-state index is 0.0254. The van der Waals surface area contributed by atoms with Crippen molar-refractivity contribution >= 4 is 23.7 Å². The monoisotopic (exact) mass is 349 g/mol. The van der Waals surface area contributed by atoms with Crippen LogP contribution >= 0.6 is 11.8 Å². The number of nitrogens with two attached hydrogens (primary N) is 1. The lowest BCUT2D eigenvalue weighted by molar-refractivity contribution is -0.118. The standard InChI is InChI=1S/C18H27N3O2S/c1-18(2,3)14-4-6-15(7-5-14)24-12-16(22)20-10-13-8-9-21(11-13)17(19)23/h4-7,13H,8-12H2,1-3H3,(H2,19,23)(H,20,22)/t13-/m1/s1. The average molecular weight is 350 g/mol. The molecule has 24 heavy (non-hydrogen) atoms. The molecule has 0 bridgehead atoms. The highest BCUT2D eigenvalue weighted by molar-refractivity contribution is 8.00. The van der Waals surface area contributed by atoms with Crippen LogP contribution in [0.4, 0.5) is 4.79 Å². The predicted molar refractivity (Wildman–Crippen MR) is 98.1 cm³/mol. The van der Waals surface area contributed by atoms with Crippen molar-refractivity contribution in [1.82, 2.24) is 10.2 Å². The number of hydrogen-bond acceptors (Lipinski definition) is 3. The SMILES string of the molecule is CC(C)(C)c1ccc(SCC(=O)NC[C@H]2CCN(C(N)=O)C2)cc1. The van der Waals surface area contributed by atoms with Gasteiger partial charge in [0, 0.05) is 24.5 Å². The normalized spacial score (nSPS) is 17.8. The van der Waals surface area contributed by atoms with E-state index in [2.05, 4.69) is 50.4 Å². The van der Waals surface area contributed by atoms with Crippen molar-refractivity contribution in [3.63, 3.8) is 0 Å². The van der Waals surface area contributed by atoms with E-state index in [0.717, 1.165) is 11.3 Å². The maximum atomic E-state index is 12.0. The van der Waals surface area contributed by atoms with Crippen molar-refractivity contribution < 1.29 is 9.59 Å². The first-order chi connectivity index (χ1) is 11.3. The summed E-state index contributed by atoms with van der Waals surface area (Å²) >= 11 is 1.54. The molecule has 1 saturated heterocycles. The Morgan fingerprint density at radius 1 is 1.29 bits per heavy atom. The van der Waals surface area contributed by atoms with Crippen molar-refractivity contribution in [3.05, 3.63) is 29.8 Å². The zero-order chi connectivity index (χ0) is 17.7. The molecule has 3 N–H and O–H groups in total. The first-order valence-corrected chi connectivity index (χ1v) is 9.28. The topological polar surface area (TPSA) is 75.4 Å². The summed E-state index contributed by atoms with van der Waals surface area (Å²) in [4.78, 5) is 25.8. The Morgan fingerprint density at radius 2 is 1.96 bits per heavy atom. The van der Waals surface area contributed by atoms with Gasteiger partial charge < -0.3 is 16.0 Å². The number of hydrogen-bond donors (Lipinski definition) is 2. The maximum Gasteiger partial charge on any atom is 0.314 e.